The first kappa shape index (κ1) is 8.88. The molecule has 0 aromatic heterocycles. The predicted octanol–water partition coefficient (Wildman–Crippen LogP) is -0.440. The van der Waals surface area contributed by atoms with Gasteiger partial charge in [-0.1, -0.05) is 6.92 Å². The largest absolute Gasteiger partial charge is 0.412 e. The van der Waals surface area contributed by atoms with Gasteiger partial charge in [-0.25, -0.2) is 0 Å². The molecule has 0 aromatic carbocycles. The van der Waals surface area contributed by atoms with Crippen LogP contribution in [0.15, 0.2) is 0 Å². The molecule has 1 aliphatic rings. The first-order chi connectivity index (χ1) is 3.93. The summed E-state index contributed by atoms with van der Waals surface area (Å²) in [5, 5.41) is 3.26. The minimum atomic E-state index is 0. The van der Waals surface area contributed by atoms with Gasteiger partial charge in [0.15, 0.2) is 0 Å². The fourth-order valence-electron chi connectivity index (χ4n) is 0.882. The maximum Gasteiger partial charge on any atom is 0.0697 e. The molecule has 0 radical (unpaired) electrons. The monoisotopic (exact) mass is 133 g/mol. The Balaban J connectivity index is 0.000000640. The third-order valence-corrected chi connectivity index (χ3v) is 1.46. The lowest BCUT2D eigenvalue weighted by molar-refractivity contribution is 0.0267. The zero-order chi connectivity index (χ0) is 5.82. The maximum atomic E-state index is 5.36. The van der Waals surface area contributed by atoms with Gasteiger partial charge in [0.1, 0.15) is 0 Å². The van der Waals surface area contributed by atoms with E-state index in [0.29, 0.717) is 6.10 Å². The van der Waals surface area contributed by atoms with Crippen LogP contribution in [0.2, 0.25) is 0 Å². The molecule has 0 aliphatic carbocycles. The second-order valence-corrected chi connectivity index (χ2v) is 2.11. The Morgan fingerprint density at radius 3 is 2.78 bits per heavy atom. The molecule has 1 saturated heterocycles. The number of morpholine rings is 1. The van der Waals surface area contributed by atoms with Crippen LogP contribution in [0, 0.1) is 0 Å². The van der Waals surface area contributed by atoms with Gasteiger partial charge in [-0.15, -0.1) is 0 Å². The van der Waals surface area contributed by atoms with Gasteiger partial charge in [0.2, 0.25) is 0 Å². The van der Waals surface area contributed by atoms with Crippen LogP contribution in [0.1, 0.15) is 13.3 Å². The van der Waals surface area contributed by atoms with Gasteiger partial charge < -0.3 is 15.5 Å². The molecule has 3 nitrogen and oxygen atoms in total. The summed E-state index contributed by atoms with van der Waals surface area (Å²) in [6.45, 7) is 5.10. The summed E-state index contributed by atoms with van der Waals surface area (Å²) >= 11 is 0. The average molecular weight is 133 g/mol. The Bertz CT molecular complexity index is 62.1. The summed E-state index contributed by atoms with van der Waals surface area (Å²) in [7, 11) is 0. The van der Waals surface area contributed by atoms with Crippen molar-refractivity contribution in [2.75, 3.05) is 19.7 Å². The summed E-state index contributed by atoms with van der Waals surface area (Å²) in [6, 6.07) is 0. The van der Waals surface area contributed by atoms with Gasteiger partial charge in [-0.3, -0.25) is 0 Å². The minimum absolute atomic E-state index is 0. The van der Waals surface area contributed by atoms with E-state index < -0.39 is 0 Å². The molecule has 1 atom stereocenters. The highest BCUT2D eigenvalue weighted by atomic mass is 16.5. The quantitative estimate of drug-likeness (QED) is 0.527. The molecule has 0 spiro atoms. The summed E-state index contributed by atoms with van der Waals surface area (Å²) < 4.78 is 5.36. The molecule has 3 N–H and O–H groups in total. The smallest absolute Gasteiger partial charge is 0.0697 e. The van der Waals surface area contributed by atoms with Crippen LogP contribution < -0.4 is 5.32 Å². The van der Waals surface area contributed by atoms with E-state index in [9.17, 15) is 0 Å². The third-order valence-electron chi connectivity index (χ3n) is 1.46. The van der Waals surface area contributed by atoms with Crippen molar-refractivity contribution in [3.63, 3.8) is 0 Å². The van der Waals surface area contributed by atoms with Crippen molar-refractivity contribution in [2.24, 2.45) is 0 Å². The van der Waals surface area contributed by atoms with Gasteiger partial charge in [-0.05, 0) is 6.42 Å². The Morgan fingerprint density at radius 2 is 2.44 bits per heavy atom. The standard InChI is InChI=1S/C6H13NO.H2O/c1-2-6-5-7-3-4-8-6;/h6-7H,2-5H2,1H3;1H2. The van der Waals surface area contributed by atoms with E-state index in [-0.39, 0.29) is 5.48 Å². The molecule has 9 heavy (non-hydrogen) atoms. The first-order valence-electron chi connectivity index (χ1n) is 3.26. The van der Waals surface area contributed by atoms with Crippen LogP contribution in [0.3, 0.4) is 0 Å². The van der Waals surface area contributed by atoms with Gasteiger partial charge in [0.05, 0.1) is 12.7 Å². The lowest BCUT2D eigenvalue weighted by atomic mass is 10.2. The van der Waals surface area contributed by atoms with Crippen molar-refractivity contribution in [3.05, 3.63) is 0 Å². The molecular weight excluding hydrogens is 118 g/mol. The predicted molar refractivity (Wildman–Crippen MR) is 36.5 cm³/mol. The Labute approximate surface area is 55.7 Å². The second kappa shape index (κ2) is 4.73. The van der Waals surface area contributed by atoms with E-state index in [1.165, 1.54) is 0 Å². The van der Waals surface area contributed by atoms with Crippen molar-refractivity contribution in [2.45, 2.75) is 19.4 Å². The van der Waals surface area contributed by atoms with Crippen molar-refractivity contribution >= 4 is 0 Å². The fraction of sp³-hybridized carbons (Fsp3) is 1.00. The lowest BCUT2D eigenvalue weighted by Gasteiger charge is -2.21. The third kappa shape index (κ3) is 2.79. The Morgan fingerprint density at radius 1 is 1.67 bits per heavy atom. The van der Waals surface area contributed by atoms with Gasteiger partial charge in [-0.2, -0.15) is 0 Å². The first-order valence-corrected chi connectivity index (χ1v) is 3.26. The van der Waals surface area contributed by atoms with E-state index in [4.69, 9.17) is 4.74 Å². The molecular formula is C6H15NO2. The number of nitrogens with one attached hydrogen (secondary N) is 1. The normalized spacial score (nSPS) is 27.0. The van der Waals surface area contributed by atoms with Crippen molar-refractivity contribution in [1.82, 2.24) is 5.32 Å². The van der Waals surface area contributed by atoms with Crippen molar-refractivity contribution < 1.29 is 10.2 Å². The molecule has 56 valence electrons. The molecule has 3 heteroatoms. The van der Waals surface area contributed by atoms with Gasteiger partial charge >= 0.3 is 0 Å². The van der Waals surface area contributed by atoms with E-state index in [0.717, 1.165) is 26.1 Å². The minimum Gasteiger partial charge on any atom is -0.412 e. The average Bonchev–Trinajstić information content (AvgIpc) is 1.90. The molecule has 0 amide bonds. The van der Waals surface area contributed by atoms with E-state index in [2.05, 4.69) is 12.2 Å². The number of hydrogen-bond donors (Lipinski definition) is 1. The summed E-state index contributed by atoms with van der Waals surface area (Å²) in [4.78, 5) is 0. The highest BCUT2D eigenvalue weighted by Gasteiger charge is 2.08. The van der Waals surface area contributed by atoms with Gasteiger partial charge in [0, 0.05) is 13.1 Å². The lowest BCUT2D eigenvalue weighted by Crippen LogP contribution is -2.37. The van der Waals surface area contributed by atoms with Crippen molar-refractivity contribution in [3.8, 4) is 0 Å². The summed E-state index contributed by atoms with van der Waals surface area (Å²) in [5.74, 6) is 0. The molecule has 0 saturated carbocycles. The van der Waals surface area contributed by atoms with E-state index >= 15 is 0 Å². The Hall–Kier alpha value is -0.120. The molecule has 0 bridgehead atoms. The topological polar surface area (TPSA) is 52.8 Å². The molecule has 0 aromatic rings. The van der Waals surface area contributed by atoms with E-state index in [1.807, 2.05) is 0 Å². The van der Waals surface area contributed by atoms with E-state index in [1.54, 1.807) is 0 Å². The molecule has 1 fully saturated rings. The number of rotatable bonds is 1. The van der Waals surface area contributed by atoms with Crippen LogP contribution in [0.25, 0.3) is 0 Å². The number of ether oxygens (including phenoxy) is 1. The zero-order valence-corrected chi connectivity index (χ0v) is 5.81. The van der Waals surface area contributed by atoms with Crippen LogP contribution in [-0.4, -0.2) is 31.3 Å². The van der Waals surface area contributed by atoms with Crippen molar-refractivity contribution in [1.29, 1.82) is 0 Å². The van der Waals surface area contributed by atoms with Crippen LogP contribution >= 0.6 is 0 Å². The molecule has 1 rings (SSSR count). The van der Waals surface area contributed by atoms with Crippen LogP contribution in [-0.2, 0) is 4.74 Å². The number of hydrogen-bond acceptors (Lipinski definition) is 2. The van der Waals surface area contributed by atoms with Crippen LogP contribution in [0.4, 0.5) is 0 Å². The second-order valence-electron chi connectivity index (χ2n) is 2.11. The highest BCUT2D eigenvalue weighted by Crippen LogP contribution is 1.98. The summed E-state index contributed by atoms with van der Waals surface area (Å²) in [6.07, 6.45) is 1.61. The maximum absolute atomic E-state index is 5.36. The highest BCUT2D eigenvalue weighted by molar-refractivity contribution is 4.63. The Kier molecular flexibility index (Phi) is 4.67. The molecule has 1 aliphatic heterocycles. The fourth-order valence-corrected chi connectivity index (χ4v) is 0.882. The SMILES string of the molecule is CCC1CNCCO1.O. The summed E-state index contributed by atoms with van der Waals surface area (Å²) in [5.41, 5.74) is 0. The van der Waals surface area contributed by atoms with Gasteiger partial charge in [0.25, 0.3) is 0 Å². The van der Waals surface area contributed by atoms with Crippen LogP contribution in [0.5, 0.6) is 0 Å². The molecule has 1 unspecified atom stereocenters. The zero-order valence-electron chi connectivity index (χ0n) is 5.81. The molecule has 1 heterocycles.